The van der Waals surface area contributed by atoms with Crippen molar-refractivity contribution in [3.63, 3.8) is 0 Å². The van der Waals surface area contributed by atoms with E-state index in [2.05, 4.69) is 15.6 Å². The summed E-state index contributed by atoms with van der Waals surface area (Å²) in [5.41, 5.74) is 0.995. The first kappa shape index (κ1) is 11.0. The lowest BCUT2D eigenvalue weighted by atomic mass is 10.3. The molecule has 0 saturated carbocycles. The molecule has 2 N–H and O–H groups in total. The summed E-state index contributed by atoms with van der Waals surface area (Å²) in [5.74, 6) is 0. The van der Waals surface area contributed by atoms with Crippen molar-refractivity contribution < 1.29 is 4.79 Å². The van der Waals surface area contributed by atoms with E-state index in [1.165, 1.54) is 0 Å². The van der Waals surface area contributed by atoms with Crippen LogP contribution in [0.5, 0.6) is 0 Å². The molecule has 0 aromatic carbocycles. The highest BCUT2D eigenvalue weighted by Gasteiger charge is 2.11. The molecule has 1 atom stereocenters. The fourth-order valence-corrected chi connectivity index (χ4v) is 1.84. The van der Waals surface area contributed by atoms with Gasteiger partial charge in [-0.1, -0.05) is 0 Å². The van der Waals surface area contributed by atoms with Crippen LogP contribution in [0.1, 0.15) is 30.6 Å². The molecule has 1 heterocycles. The maximum Gasteiger partial charge on any atom is 0.315 e. The number of nitrogens with zero attached hydrogens (tertiary/aromatic N) is 1. The Hall–Kier alpha value is -1.10. The normalized spacial score (nSPS) is 12.2. The number of rotatable bonds is 3. The van der Waals surface area contributed by atoms with E-state index in [0.29, 0.717) is 6.54 Å². The molecule has 1 unspecified atom stereocenters. The van der Waals surface area contributed by atoms with Gasteiger partial charge in [0.2, 0.25) is 0 Å². The fourth-order valence-electron chi connectivity index (χ4n) is 1.04. The summed E-state index contributed by atoms with van der Waals surface area (Å²) in [6.45, 7) is 6.39. The largest absolute Gasteiger partial charge is 0.338 e. The Morgan fingerprint density at radius 1 is 1.71 bits per heavy atom. The van der Waals surface area contributed by atoms with Crippen LogP contribution in [0.2, 0.25) is 0 Å². The Bertz CT molecular complexity index is 311. The van der Waals surface area contributed by atoms with Crippen molar-refractivity contribution in [1.82, 2.24) is 15.6 Å². The minimum Gasteiger partial charge on any atom is -0.338 e. The molecule has 5 heteroatoms. The summed E-state index contributed by atoms with van der Waals surface area (Å²) >= 11 is 1.56. The molecule has 0 radical (unpaired) electrons. The highest BCUT2D eigenvalue weighted by atomic mass is 32.1. The third kappa shape index (κ3) is 2.99. The second-order valence-electron chi connectivity index (χ2n) is 3.05. The van der Waals surface area contributed by atoms with Crippen molar-refractivity contribution in [2.75, 3.05) is 6.54 Å². The third-order valence-electron chi connectivity index (χ3n) is 1.69. The van der Waals surface area contributed by atoms with E-state index in [1.54, 1.807) is 11.3 Å². The van der Waals surface area contributed by atoms with Gasteiger partial charge in [0.05, 0.1) is 6.04 Å². The van der Waals surface area contributed by atoms with Crippen molar-refractivity contribution in [3.8, 4) is 0 Å². The Kier molecular flexibility index (Phi) is 3.88. The van der Waals surface area contributed by atoms with Crippen LogP contribution in [0.25, 0.3) is 0 Å². The second kappa shape index (κ2) is 4.95. The first-order valence-corrected chi connectivity index (χ1v) is 5.47. The van der Waals surface area contributed by atoms with E-state index < -0.39 is 0 Å². The Morgan fingerprint density at radius 3 is 2.93 bits per heavy atom. The van der Waals surface area contributed by atoms with E-state index in [1.807, 2.05) is 26.2 Å². The van der Waals surface area contributed by atoms with E-state index in [0.717, 1.165) is 10.7 Å². The molecule has 1 aromatic rings. The molecule has 0 saturated heterocycles. The van der Waals surface area contributed by atoms with Crippen molar-refractivity contribution in [3.05, 3.63) is 16.1 Å². The SMILES string of the molecule is CCNC(=O)NC(C)c1nc(C)cs1. The van der Waals surface area contributed by atoms with Crippen LogP contribution in [-0.2, 0) is 0 Å². The number of amides is 2. The zero-order valence-electron chi connectivity index (χ0n) is 8.63. The van der Waals surface area contributed by atoms with Gasteiger partial charge in [-0.05, 0) is 20.8 Å². The van der Waals surface area contributed by atoms with Crippen LogP contribution in [0.4, 0.5) is 4.79 Å². The molecular weight excluding hydrogens is 198 g/mol. The number of hydrogen-bond donors (Lipinski definition) is 2. The van der Waals surface area contributed by atoms with Crippen molar-refractivity contribution in [2.45, 2.75) is 26.8 Å². The average Bonchev–Trinajstić information content (AvgIpc) is 2.52. The second-order valence-corrected chi connectivity index (χ2v) is 3.94. The van der Waals surface area contributed by atoms with Gasteiger partial charge in [-0.15, -0.1) is 11.3 Å². The smallest absolute Gasteiger partial charge is 0.315 e. The molecule has 0 fully saturated rings. The number of aromatic nitrogens is 1. The van der Waals surface area contributed by atoms with Gasteiger partial charge in [0.1, 0.15) is 5.01 Å². The van der Waals surface area contributed by atoms with E-state index in [9.17, 15) is 4.79 Å². The van der Waals surface area contributed by atoms with Gasteiger partial charge in [-0.25, -0.2) is 9.78 Å². The Labute approximate surface area is 87.7 Å². The monoisotopic (exact) mass is 213 g/mol. The van der Waals surface area contributed by atoms with Crippen LogP contribution in [0.15, 0.2) is 5.38 Å². The van der Waals surface area contributed by atoms with Crippen LogP contribution >= 0.6 is 11.3 Å². The number of aryl methyl sites for hydroxylation is 1. The van der Waals surface area contributed by atoms with Gasteiger partial charge in [0.25, 0.3) is 0 Å². The summed E-state index contributed by atoms with van der Waals surface area (Å²) in [5, 5.41) is 8.40. The van der Waals surface area contributed by atoms with Gasteiger partial charge in [0, 0.05) is 17.6 Å². The van der Waals surface area contributed by atoms with Crippen molar-refractivity contribution in [1.29, 1.82) is 0 Å². The van der Waals surface area contributed by atoms with Crippen molar-refractivity contribution in [2.24, 2.45) is 0 Å². The van der Waals surface area contributed by atoms with Gasteiger partial charge < -0.3 is 10.6 Å². The van der Waals surface area contributed by atoms with E-state index in [4.69, 9.17) is 0 Å². The van der Waals surface area contributed by atoms with E-state index >= 15 is 0 Å². The molecular formula is C9H15N3OS. The predicted molar refractivity (Wildman–Crippen MR) is 57.5 cm³/mol. The zero-order chi connectivity index (χ0) is 10.6. The van der Waals surface area contributed by atoms with Crippen LogP contribution in [-0.4, -0.2) is 17.6 Å². The highest BCUT2D eigenvalue weighted by molar-refractivity contribution is 7.09. The summed E-state index contributed by atoms with van der Waals surface area (Å²) in [4.78, 5) is 15.5. The van der Waals surface area contributed by atoms with Gasteiger partial charge in [-0.2, -0.15) is 0 Å². The number of hydrogen-bond acceptors (Lipinski definition) is 3. The lowest BCUT2D eigenvalue weighted by Gasteiger charge is -2.11. The minimum absolute atomic E-state index is 0.0275. The quantitative estimate of drug-likeness (QED) is 0.805. The molecule has 0 aliphatic heterocycles. The summed E-state index contributed by atoms with van der Waals surface area (Å²) in [6.07, 6.45) is 0. The maximum atomic E-state index is 11.2. The van der Waals surface area contributed by atoms with Crippen LogP contribution in [0, 0.1) is 6.92 Å². The summed E-state index contributed by atoms with van der Waals surface area (Å²) in [6, 6.07) is -0.173. The lowest BCUT2D eigenvalue weighted by Crippen LogP contribution is -2.36. The highest BCUT2D eigenvalue weighted by Crippen LogP contribution is 2.16. The molecule has 0 bridgehead atoms. The molecule has 0 aliphatic carbocycles. The molecule has 0 aliphatic rings. The topological polar surface area (TPSA) is 54.0 Å². The minimum atomic E-state index is -0.146. The van der Waals surface area contributed by atoms with E-state index in [-0.39, 0.29) is 12.1 Å². The van der Waals surface area contributed by atoms with Gasteiger partial charge >= 0.3 is 6.03 Å². The Balaban J connectivity index is 2.50. The third-order valence-corrected chi connectivity index (χ3v) is 2.84. The van der Waals surface area contributed by atoms with Gasteiger partial charge in [-0.3, -0.25) is 0 Å². The molecule has 4 nitrogen and oxygen atoms in total. The number of carbonyl (C=O) groups excluding carboxylic acids is 1. The summed E-state index contributed by atoms with van der Waals surface area (Å²) in [7, 11) is 0. The molecule has 1 rings (SSSR count). The molecule has 78 valence electrons. The standard InChI is InChI=1S/C9H15N3OS/c1-4-10-9(13)12-7(3)8-11-6(2)5-14-8/h5,7H,4H2,1-3H3,(H2,10,12,13). The zero-order valence-corrected chi connectivity index (χ0v) is 9.44. The van der Waals surface area contributed by atoms with Crippen LogP contribution < -0.4 is 10.6 Å². The lowest BCUT2D eigenvalue weighted by molar-refractivity contribution is 0.238. The number of urea groups is 1. The van der Waals surface area contributed by atoms with Crippen LogP contribution in [0.3, 0.4) is 0 Å². The Morgan fingerprint density at radius 2 is 2.43 bits per heavy atom. The number of carbonyl (C=O) groups is 1. The number of nitrogens with one attached hydrogen (secondary N) is 2. The molecule has 2 amide bonds. The molecule has 1 aromatic heterocycles. The first-order chi connectivity index (χ1) is 6.63. The molecule has 14 heavy (non-hydrogen) atoms. The van der Waals surface area contributed by atoms with Gasteiger partial charge in [0.15, 0.2) is 0 Å². The molecule has 0 spiro atoms. The summed E-state index contributed by atoms with van der Waals surface area (Å²) < 4.78 is 0. The number of thiazole rings is 1. The maximum absolute atomic E-state index is 11.2. The first-order valence-electron chi connectivity index (χ1n) is 4.60. The average molecular weight is 213 g/mol. The predicted octanol–water partition coefficient (Wildman–Crippen LogP) is 1.83. The van der Waals surface area contributed by atoms with Crippen molar-refractivity contribution >= 4 is 17.4 Å². The fraction of sp³-hybridized carbons (Fsp3) is 0.556.